The fourth-order valence-electron chi connectivity index (χ4n) is 3.21. The third-order valence-electron chi connectivity index (χ3n) is 4.92. The third kappa shape index (κ3) is 3.86. The summed E-state index contributed by atoms with van der Waals surface area (Å²) in [5.74, 6) is 1.14. The number of imide groups is 1. The Morgan fingerprint density at radius 1 is 1.24 bits per heavy atom. The van der Waals surface area contributed by atoms with Gasteiger partial charge in [-0.2, -0.15) is 4.98 Å². The molecule has 150 valence electrons. The van der Waals surface area contributed by atoms with E-state index in [9.17, 15) is 9.59 Å². The van der Waals surface area contributed by atoms with Crippen molar-refractivity contribution < 1.29 is 18.8 Å². The van der Waals surface area contributed by atoms with Gasteiger partial charge in [-0.05, 0) is 48.9 Å². The number of benzene rings is 1. The number of methoxy groups -OCH3 is 1. The number of hydrogen-bond donors (Lipinski definition) is 1. The van der Waals surface area contributed by atoms with Crippen molar-refractivity contribution in [1.82, 2.24) is 20.4 Å². The molecule has 0 bridgehead atoms. The molecule has 1 fully saturated rings. The fourth-order valence-corrected chi connectivity index (χ4v) is 3.86. The molecule has 9 heteroatoms. The van der Waals surface area contributed by atoms with E-state index in [-0.39, 0.29) is 18.3 Å². The van der Waals surface area contributed by atoms with E-state index in [4.69, 9.17) is 9.26 Å². The molecule has 0 saturated carbocycles. The Morgan fingerprint density at radius 3 is 2.72 bits per heavy atom. The summed E-state index contributed by atoms with van der Waals surface area (Å²) in [5.41, 5.74) is 0.0816. The van der Waals surface area contributed by atoms with Gasteiger partial charge in [-0.3, -0.25) is 9.69 Å². The largest absolute Gasteiger partial charge is 0.497 e. The molecule has 0 radical (unpaired) electrons. The standard InChI is InChI=1S/C20H20N4O4S/c1-20(10-9-13-5-7-14(27-2)8-6-13)18(25)24(19(26)22-20)12-16-21-17(23-28-16)15-4-3-11-29-15/h3-8,11H,9-10,12H2,1-2H3,(H,22,26). The highest BCUT2D eigenvalue weighted by Gasteiger charge is 2.47. The first-order valence-electron chi connectivity index (χ1n) is 9.12. The van der Waals surface area contributed by atoms with Crippen molar-refractivity contribution in [1.29, 1.82) is 0 Å². The van der Waals surface area contributed by atoms with Gasteiger partial charge in [-0.1, -0.05) is 23.4 Å². The highest BCUT2D eigenvalue weighted by molar-refractivity contribution is 7.13. The number of carbonyl (C=O) groups is 2. The summed E-state index contributed by atoms with van der Waals surface area (Å²) in [6.07, 6.45) is 1.12. The monoisotopic (exact) mass is 412 g/mol. The second kappa shape index (κ2) is 7.67. The van der Waals surface area contributed by atoms with Crippen molar-refractivity contribution in [2.45, 2.75) is 31.8 Å². The van der Waals surface area contributed by atoms with Crippen LogP contribution in [0.2, 0.25) is 0 Å². The number of ether oxygens (including phenoxy) is 1. The zero-order valence-electron chi connectivity index (χ0n) is 16.0. The third-order valence-corrected chi connectivity index (χ3v) is 5.79. The molecule has 1 N–H and O–H groups in total. The van der Waals surface area contributed by atoms with Gasteiger partial charge >= 0.3 is 6.03 Å². The van der Waals surface area contributed by atoms with Crippen LogP contribution in [0, 0.1) is 0 Å². The summed E-state index contributed by atoms with van der Waals surface area (Å²) in [6.45, 7) is 1.68. The van der Waals surface area contributed by atoms with Gasteiger partial charge in [0.15, 0.2) is 0 Å². The minimum Gasteiger partial charge on any atom is -0.497 e. The normalized spacial score (nSPS) is 18.9. The lowest BCUT2D eigenvalue weighted by atomic mass is 9.93. The number of hydrogen-bond acceptors (Lipinski definition) is 7. The van der Waals surface area contributed by atoms with Crippen LogP contribution in [0.1, 0.15) is 24.8 Å². The summed E-state index contributed by atoms with van der Waals surface area (Å²) < 4.78 is 10.4. The molecule has 0 aliphatic carbocycles. The van der Waals surface area contributed by atoms with Crippen molar-refractivity contribution in [2.24, 2.45) is 0 Å². The van der Waals surface area contributed by atoms with Crippen molar-refractivity contribution in [3.63, 3.8) is 0 Å². The smallest absolute Gasteiger partial charge is 0.325 e. The number of carbonyl (C=O) groups excluding carboxylic acids is 2. The Morgan fingerprint density at radius 2 is 2.03 bits per heavy atom. The molecule has 29 heavy (non-hydrogen) atoms. The molecule has 3 heterocycles. The summed E-state index contributed by atoms with van der Waals surface area (Å²) in [7, 11) is 1.62. The molecule has 4 rings (SSSR count). The molecular formula is C20H20N4O4S. The van der Waals surface area contributed by atoms with Crippen LogP contribution in [0.25, 0.3) is 10.7 Å². The molecular weight excluding hydrogens is 392 g/mol. The maximum atomic E-state index is 12.9. The highest BCUT2D eigenvalue weighted by Crippen LogP contribution is 2.26. The van der Waals surface area contributed by atoms with E-state index in [0.29, 0.717) is 18.7 Å². The number of amides is 3. The predicted octanol–water partition coefficient (Wildman–Crippen LogP) is 3.25. The average Bonchev–Trinajstić information content (AvgIpc) is 3.45. The topological polar surface area (TPSA) is 97.6 Å². The van der Waals surface area contributed by atoms with E-state index in [1.54, 1.807) is 14.0 Å². The van der Waals surface area contributed by atoms with Crippen LogP contribution in [0.15, 0.2) is 46.3 Å². The van der Waals surface area contributed by atoms with Crippen molar-refractivity contribution in [2.75, 3.05) is 7.11 Å². The SMILES string of the molecule is COc1ccc(CCC2(C)NC(=O)N(Cc3nc(-c4cccs4)no3)C2=O)cc1. The molecule has 3 aromatic rings. The van der Waals surface area contributed by atoms with Crippen LogP contribution in [0.4, 0.5) is 4.79 Å². The maximum Gasteiger partial charge on any atom is 0.325 e. The molecule has 1 unspecified atom stereocenters. The van der Waals surface area contributed by atoms with Crippen LogP contribution in [0.3, 0.4) is 0 Å². The summed E-state index contributed by atoms with van der Waals surface area (Å²) in [6, 6.07) is 11.0. The van der Waals surface area contributed by atoms with Gasteiger partial charge in [-0.15, -0.1) is 11.3 Å². The molecule has 1 saturated heterocycles. The van der Waals surface area contributed by atoms with Gasteiger partial charge in [0.2, 0.25) is 11.7 Å². The zero-order chi connectivity index (χ0) is 20.4. The molecule has 0 spiro atoms. The lowest BCUT2D eigenvalue weighted by Crippen LogP contribution is -2.44. The van der Waals surface area contributed by atoms with Gasteiger partial charge in [-0.25, -0.2) is 4.79 Å². The first-order chi connectivity index (χ1) is 14.0. The lowest BCUT2D eigenvalue weighted by molar-refractivity contribution is -0.131. The van der Waals surface area contributed by atoms with Crippen molar-refractivity contribution in [3.8, 4) is 16.5 Å². The number of thiophene rings is 1. The first kappa shape index (κ1) is 19.1. The highest BCUT2D eigenvalue weighted by atomic mass is 32.1. The maximum absolute atomic E-state index is 12.9. The lowest BCUT2D eigenvalue weighted by Gasteiger charge is -2.21. The number of rotatable bonds is 7. The Balaban J connectivity index is 1.42. The number of urea groups is 1. The Bertz CT molecular complexity index is 1020. The molecule has 1 aliphatic rings. The molecule has 1 atom stereocenters. The van der Waals surface area contributed by atoms with Gasteiger partial charge < -0.3 is 14.6 Å². The Labute approximate surface area is 171 Å². The van der Waals surface area contributed by atoms with E-state index in [1.165, 1.54) is 11.3 Å². The minimum absolute atomic E-state index is 0.0544. The predicted molar refractivity (Wildman–Crippen MR) is 106 cm³/mol. The van der Waals surface area contributed by atoms with Crippen molar-refractivity contribution >= 4 is 23.3 Å². The minimum atomic E-state index is -0.979. The summed E-state index contributed by atoms with van der Waals surface area (Å²) in [5, 5.41) is 8.64. The van der Waals surface area contributed by atoms with Crippen LogP contribution in [-0.4, -0.2) is 39.6 Å². The van der Waals surface area contributed by atoms with Gasteiger partial charge in [0.1, 0.15) is 17.8 Å². The number of aromatic nitrogens is 2. The second-order valence-electron chi connectivity index (χ2n) is 6.99. The van der Waals surface area contributed by atoms with Gasteiger partial charge in [0.25, 0.3) is 5.91 Å². The van der Waals surface area contributed by atoms with E-state index in [1.807, 2.05) is 41.8 Å². The summed E-state index contributed by atoms with van der Waals surface area (Å²) >= 11 is 1.49. The number of aryl methyl sites for hydroxylation is 1. The van der Waals surface area contributed by atoms with Crippen LogP contribution in [0.5, 0.6) is 5.75 Å². The summed E-state index contributed by atoms with van der Waals surface area (Å²) in [4.78, 5) is 31.6. The quantitative estimate of drug-likeness (QED) is 0.598. The van der Waals surface area contributed by atoms with Gasteiger partial charge in [0.05, 0.1) is 12.0 Å². The van der Waals surface area contributed by atoms with Crippen LogP contribution >= 0.6 is 11.3 Å². The number of nitrogens with one attached hydrogen (secondary N) is 1. The van der Waals surface area contributed by atoms with Crippen molar-refractivity contribution in [3.05, 3.63) is 53.2 Å². The fraction of sp³-hybridized carbons (Fsp3) is 0.300. The van der Waals surface area contributed by atoms with Gasteiger partial charge in [0, 0.05) is 0 Å². The molecule has 8 nitrogen and oxygen atoms in total. The Hall–Kier alpha value is -3.20. The van der Waals surface area contributed by atoms with Crippen LogP contribution < -0.4 is 10.1 Å². The average molecular weight is 412 g/mol. The first-order valence-corrected chi connectivity index (χ1v) is 10.00. The molecule has 1 aliphatic heterocycles. The Kier molecular flexibility index (Phi) is 5.06. The zero-order valence-corrected chi connectivity index (χ0v) is 16.9. The van der Waals surface area contributed by atoms with E-state index < -0.39 is 11.6 Å². The van der Waals surface area contributed by atoms with E-state index in [0.717, 1.165) is 21.1 Å². The molecule has 1 aromatic carbocycles. The molecule has 3 amide bonds. The molecule has 2 aromatic heterocycles. The number of nitrogens with zero attached hydrogens (tertiary/aromatic N) is 3. The second-order valence-corrected chi connectivity index (χ2v) is 7.94. The van der Waals surface area contributed by atoms with E-state index >= 15 is 0 Å². The van der Waals surface area contributed by atoms with Crippen LogP contribution in [-0.2, 0) is 17.8 Å². The van der Waals surface area contributed by atoms with E-state index in [2.05, 4.69) is 15.5 Å².